The van der Waals surface area contributed by atoms with Crippen LogP contribution >= 0.6 is 34.8 Å². The summed E-state index contributed by atoms with van der Waals surface area (Å²) < 4.78 is 2.58. The second-order valence-corrected chi connectivity index (χ2v) is 4.82. The average molecular weight is 267 g/mol. The van der Waals surface area contributed by atoms with Gasteiger partial charge in [0.25, 0.3) is 3.79 Å². The maximum atomic E-state index is 11.2. The van der Waals surface area contributed by atoms with Gasteiger partial charge in [-0.05, 0) is 12.1 Å². The molecule has 0 spiro atoms. The summed E-state index contributed by atoms with van der Waals surface area (Å²) in [5.74, 6) is -0.995. The summed E-state index contributed by atoms with van der Waals surface area (Å²) in [5, 5.41) is 0. The lowest BCUT2D eigenvalue weighted by atomic mass is 10.2. The predicted octanol–water partition coefficient (Wildman–Crippen LogP) is 2.77. The van der Waals surface area contributed by atoms with Crippen molar-refractivity contribution < 1.29 is 14.3 Å². The third-order valence-electron chi connectivity index (χ3n) is 1.48. The van der Waals surface area contributed by atoms with Crippen LogP contribution in [0.2, 0.25) is 0 Å². The Kier molecular flexibility index (Phi) is 3.97. The highest BCUT2D eigenvalue weighted by atomic mass is 35.6. The van der Waals surface area contributed by atoms with E-state index in [1.54, 1.807) is 12.1 Å². The Morgan fingerprint density at radius 2 is 1.87 bits per heavy atom. The van der Waals surface area contributed by atoms with Crippen molar-refractivity contribution in [2.75, 3.05) is 0 Å². The summed E-state index contributed by atoms with van der Waals surface area (Å²) in [6, 6.07) is 6.12. The molecule has 1 aromatic rings. The van der Waals surface area contributed by atoms with Gasteiger partial charge in [-0.15, -0.1) is 0 Å². The van der Waals surface area contributed by atoms with Crippen molar-refractivity contribution in [1.82, 2.24) is 0 Å². The number of ether oxygens (including phenoxy) is 1. The summed E-state index contributed by atoms with van der Waals surface area (Å²) in [5.41, 5.74) is 0.208. The SMILES string of the molecule is O=Cc1ccccc1OC(=O)C(Cl)(Cl)Cl. The van der Waals surface area contributed by atoms with Crippen molar-refractivity contribution in [3.05, 3.63) is 29.8 Å². The molecule has 1 aromatic carbocycles. The summed E-state index contributed by atoms with van der Waals surface area (Å²) in [6.07, 6.45) is 0.543. The van der Waals surface area contributed by atoms with Gasteiger partial charge in [-0.2, -0.15) is 0 Å². The van der Waals surface area contributed by atoms with E-state index in [4.69, 9.17) is 39.5 Å². The van der Waals surface area contributed by atoms with E-state index in [1.807, 2.05) is 0 Å². The minimum Gasteiger partial charge on any atom is -0.423 e. The Morgan fingerprint density at radius 3 is 2.40 bits per heavy atom. The average Bonchev–Trinajstić information content (AvgIpc) is 2.17. The van der Waals surface area contributed by atoms with Crippen LogP contribution in [0.5, 0.6) is 5.75 Å². The van der Waals surface area contributed by atoms with Gasteiger partial charge >= 0.3 is 5.97 Å². The molecule has 0 bridgehead atoms. The molecule has 15 heavy (non-hydrogen) atoms. The van der Waals surface area contributed by atoms with Gasteiger partial charge < -0.3 is 4.74 Å². The van der Waals surface area contributed by atoms with Crippen LogP contribution < -0.4 is 4.74 Å². The highest BCUT2D eigenvalue weighted by Gasteiger charge is 2.33. The number of hydrogen-bond donors (Lipinski definition) is 0. The van der Waals surface area contributed by atoms with Crippen molar-refractivity contribution >= 4 is 47.1 Å². The third-order valence-corrected chi connectivity index (χ3v) is 1.94. The normalized spacial score (nSPS) is 10.9. The number of carbonyl (C=O) groups is 2. The van der Waals surface area contributed by atoms with Gasteiger partial charge in [0.05, 0.1) is 5.56 Å². The second-order valence-electron chi connectivity index (χ2n) is 2.54. The van der Waals surface area contributed by atoms with Gasteiger partial charge in [0, 0.05) is 0 Å². The monoisotopic (exact) mass is 266 g/mol. The highest BCUT2D eigenvalue weighted by Crippen LogP contribution is 2.29. The number of para-hydroxylation sites is 1. The molecule has 0 aliphatic heterocycles. The van der Waals surface area contributed by atoms with E-state index < -0.39 is 9.76 Å². The molecule has 1 rings (SSSR count). The number of hydrogen-bond acceptors (Lipinski definition) is 3. The molecule has 0 atom stereocenters. The minimum absolute atomic E-state index is 0.0591. The van der Waals surface area contributed by atoms with Crippen LogP contribution in [0.15, 0.2) is 24.3 Å². The summed E-state index contributed by atoms with van der Waals surface area (Å²) in [4.78, 5) is 21.7. The number of halogens is 3. The zero-order valence-corrected chi connectivity index (χ0v) is 9.51. The second kappa shape index (κ2) is 4.84. The number of aldehydes is 1. The van der Waals surface area contributed by atoms with Crippen LogP contribution in [0.1, 0.15) is 10.4 Å². The molecule has 0 fully saturated rings. The number of alkyl halides is 3. The minimum atomic E-state index is -2.16. The Morgan fingerprint density at radius 1 is 1.27 bits per heavy atom. The Hall–Kier alpha value is -0.770. The molecule has 0 heterocycles. The van der Waals surface area contributed by atoms with E-state index >= 15 is 0 Å². The Balaban J connectivity index is 2.90. The standard InChI is InChI=1S/C9H5Cl3O3/c10-9(11,12)8(14)15-7-4-2-1-3-6(7)5-13/h1-5H. The van der Waals surface area contributed by atoms with Crippen LogP contribution in [-0.4, -0.2) is 16.0 Å². The van der Waals surface area contributed by atoms with Crippen LogP contribution in [0.3, 0.4) is 0 Å². The van der Waals surface area contributed by atoms with E-state index in [1.165, 1.54) is 12.1 Å². The van der Waals surface area contributed by atoms with Gasteiger partial charge in [0.2, 0.25) is 0 Å². The van der Waals surface area contributed by atoms with E-state index in [-0.39, 0.29) is 11.3 Å². The first-order valence-electron chi connectivity index (χ1n) is 3.78. The molecule has 0 saturated heterocycles. The van der Waals surface area contributed by atoms with Gasteiger partial charge in [0.1, 0.15) is 5.75 Å². The molecule has 0 aromatic heterocycles. The third kappa shape index (κ3) is 3.38. The topological polar surface area (TPSA) is 43.4 Å². The van der Waals surface area contributed by atoms with Gasteiger partial charge in [-0.3, -0.25) is 4.79 Å². The fourth-order valence-electron chi connectivity index (χ4n) is 0.829. The predicted molar refractivity (Wildman–Crippen MR) is 57.8 cm³/mol. The molecule has 0 N–H and O–H groups in total. The summed E-state index contributed by atoms with van der Waals surface area (Å²) in [6.45, 7) is 0. The van der Waals surface area contributed by atoms with Gasteiger partial charge in [0.15, 0.2) is 6.29 Å². The summed E-state index contributed by atoms with van der Waals surface area (Å²) in [7, 11) is 0. The van der Waals surface area contributed by atoms with E-state index in [0.29, 0.717) is 6.29 Å². The molecule has 80 valence electrons. The van der Waals surface area contributed by atoms with Crippen LogP contribution in [-0.2, 0) is 4.79 Å². The first kappa shape index (κ1) is 12.3. The summed E-state index contributed by atoms with van der Waals surface area (Å²) >= 11 is 15.9. The van der Waals surface area contributed by atoms with Crippen LogP contribution in [0, 0.1) is 0 Å². The van der Waals surface area contributed by atoms with Crippen molar-refractivity contribution in [3.8, 4) is 5.75 Å². The Labute approximate surface area is 101 Å². The zero-order chi connectivity index (χ0) is 11.5. The van der Waals surface area contributed by atoms with Crippen molar-refractivity contribution in [3.63, 3.8) is 0 Å². The van der Waals surface area contributed by atoms with Crippen molar-refractivity contribution in [1.29, 1.82) is 0 Å². The number of carbonyl (C=O) groups excluding carboxylic acids is 2. The van der Waals surface area contributed by atoms with Crippen molar-refractivity contribution in [2.24, 2.45) is 0 Å². The zero-order valence-electron chi connectivity index (χ0n) is 7.25. The maximum absolute atomic E-state index is 11.2. The largest absolute Gasteiger partial charge is 0.423 e. The molecule has 6 heteroatoms. The smallest absolute Gasteiger partial charge is 0.363 e. The molecule has 0 aliphatic rings. The molecular weight excluding hydrogens is 262 g/mol. The molecule has 0 amide bonds. The van der Waals surface area contributed by atoms with E-state index in [9.17, 15) is 9.59 Å². The van der Waals surface area contributed by atoms with Crippen LogP contribution in [0.4, 0.5) is 0 Å². The van der Waals surface area contributed by atoms with Crippen LogP contribution in [0.25, 0.3) is 0 Å². The molecule has 3 nitrogen and oxygen atoms in total. The first-order chi connectivity index (χ1) is 6.95. The fraction of sp³-hybridized carbons (Fsp3) is 0.111. The van der Waals surface area contributed by atoms with Gasteiger partial charge in [-0.25, -0.2) is 4.79 Å². The van der Waals surface area contributed by atoms with E-state index in [2.05, 4.69) is 0 Å². The molecule has 0 unspecified atom stereocenters. The molecular formula is C9H5Cl3O3. The lowest BCUT2D eigenvalue weighted by molar-refractivity contribution is -0.133. The first-order valence-corrected chi connectivity index (χ1v) is 4.91. The number of rotatable bonds is 2. The van der Waals surface area contributed by atoms with Gasteiger partial charge in [-0.1, -0.05) is 46.9 Å². The lowest BCUT2D eigenvalue weighted by Crippen LogP contribution is -2.25. The number of esters is 1. The van der Waals surface area contributed by atoms with E-state index in [0.717, 1.165) is 0 Å². The fourth-order valence-corrected chi connectivity index (χ4v) is 0.944. The molecule has 0 radical (unpaired) electrons. The quantitative estimate of drug-likeness (QED) is 0.358. The highest BCUT2D eigenvalue weighted by molar-refractivity contribution is 6.75. The number of benzene rings is 1. The Bertz CT molecular complexity index is 384. The molecule has 0 saturated carbocycles. The lowest BCUT2D eigenvalue weighted by Gasteiger charge is -2.10. The van der Waals surface area contributed by atoms with Crippen molar-refractivity contribution in [2.45, 2.75) is 3.79 Å². The maximum Gasteiger partial charge on any atom is 0.363 e. The molecule has 0 aliphatic carbocycles.